The highest BCUT2D eigenvalue weighted by Crippen LogP contribution is 2.32. The van der Waals surface area contributed by atoms with E-state index in [1.807, 2.05) is 0 Å². The second kappa shape index (κ2) is 6.76. The van der Waals surface area contributed by atoms with Crippen LogP contribution >= 0.6 is 0 Å². The van der Waals surface area contributed by atoms with Crippen LogP contribution in [0.2, 0.25) is 0 Å². The van der Waals surface area contributed by atoms with Gasteiger partial charge in [-0.05, 0) is 38.6 Å². The van der Waals surface area contributed by atoms with Crippen molar-refractivity contribution in [1.29, 1.82) is 0 Å². The molecule has 2 heterocycles. The highest BCUT2D eigenvalue weighted by atomic mass is 19.4. The molecule has 0 aliphatic carbocycles. The van der Waals surface area contributed by atoms with Crippen LogP contribution in [0.3, 0.4) is 0 Å². The van der Waals surface area contributed by atoms with Crippen molar-refractivity contribution >= 4 is 0 Å². The number of likely N-dealkylation sites (tertiary alicyclic amines) is 1. The van der Waals surface area contributed by atoms with E-state index in [4.69, 9.17) is 4.74 Å². The molecule has 1 aromatic carbocycles. The van der Waals surface area contributed by atoms with Crippen molar-refractivity contribution in [3.8, 4) is 17.1 Å². The van der Waals surface area contributed by atoms with E-state index in [-0.39, 0.29) is 0 Å². The second-order valence-corrected chi connectivity index (χ2v) is 5.91. The molecule has 3 rings (SSSR count). The van der Waals surface area contributed by atoms with Crippen LogP contribution in [0, 0.1) is 0 Å². The molecule has 1 aliphatic rings. The summed E-state index contributed by atoms with van der Waals surface area (Å²) in [6, 6.07) is 7.00. The van der Waals surface area contributed by atoms with Crippen molar-refractivity contribution in [3.63, 3.8) is 0 Å². The lowest BCUT2D eigenvalue weighted by Crippen LogP contribution is -2.30. The Labute approximate surface area is 138 Å². The average Bonchev–Trinajstić information content (AvgIpc) is 2.98. The van der Waals surface area contributed by atoms with Gasteiger partial charge in [0.2, 0.25) is 5.88 Å². The fourth-order valence-corrected chi connectivity index (χ4v) is 2.80. The van der Waals surface area contributed by atoms with Gasteiger partial charge >= 0.3 is 6.18 Å². The minimum Gasteiger partial charge on any atom is -0.476 e. The Morgan fingerprint density at radius 3 is 2.79 bits per heavy atom. The SMILES string of the molecule is CN1CCC[C@H]1COc1cc(-c2cccc(C(F)(F)F)c2)ncn1. The van der Waals surface area contributed by atoms with Gasteiger partial charge in [0.1, 0.15) is 12.9 Å². The first-order chi connectivity index (χ1) is 11.4. The summed E-state index contributed by atoms with van der Waals surface area (Å²) in [6.07, 6.45) is -0.857. The first kappa shape index (κ1) is 16.7. The Morgan fingerprint density at radius 1 is 1.25 bits per heavy atom. The van der Waals surface area contributed by atoms with Gasteiger partial charge in [-0.25, -0.2) is 9.97 Å². The highest BCUT2D eigenvalue weighted by Gasteiger charge is 2.30. The first-order valence-corrected chi connectivity index (χ1v) is 7.76. The van der Waals surface area contributed by atoms with Crippen molar-refractivity contribution in [3.05, 3.63) is 42.2 Å². The number of rotatable bonds is 4. The lowest BCUT2D eigenvalue weighted by Gasteiger charge is -2.19. The number of aromatic nitrogens is 2. The molecule has 0 saturated carbocycles. The third-order valence-corrected chi connectivity index (χ3v) is 4.22. The van der Waals surface area contributed by atoms with Gasteiger partial charge < -0.3 is 9.64 Å². The molecule has 0 unspecified atom stereocenters. The largest absolute Gasteiger partial charge is 0.476 e. The maximum atomic E-state index is 12.8. The van der Waals surface area contributed by atoms with E-state index in [1.54, 1.807) is 12.1 Å². The van der Waals surface area contributed by atoms with Crippen molar-refractivity contribution in [1.82, 2.24) is 14.9 Å². The molecule has 0 spiro atoms. The van der Waals surface area contributed by atoms with Gasteiger partial charge in [0.25, 0.3) is 0 Å². The van der Waals surface area contributed by atoms with Gasteiger partial charge in [0.15, 0.2) is 0 Å². The molecular weight excluding hydrogens is 319 g/mol. The Bertz CT molecular complexity index is 705. The van der Waals surface area contributed by atoms with Crippen LogP contribution in [-0.2, 0) is 6.18 Å². The summed E-state index contributed by atoms with van der Waals surface area (Å²) < 4.78 is 44.2. The monoisotopic (exact) mass is 337 g/mol. The molecule has 128 valence electrons. The van der Waals surface area contributed by atoms with Gasteiger partial charge in [-0.3, -0.25) is 0 Å². The van der Waals surface area contributed by atoms with E-state index in [9.17, 15) is 13.2 Å². The number of nitrogens with zero attached hydrogens (tertiary/aromatic N) is 3. The summed E-state index contributed by atoms with van der Waals surface area (Å²) in [6.45, 7) is 1.56. The number of ether oxygens (including phenoxy) is 1. The summed E-state index contributed by atoms with van der Waals surface area (Å²) in [7, 11) is 2.05. The van der Waals surface area contributed by atoms with Crippen LogP contribution in [0.15, 0.2) is 36.7 Å². The number of alkyl halides is 3. The first-order valence-electron chi connectivity index (χ1n) is 7.76. The van der Waals surface area contributed by atoms with Crippen LogP contribution in [0.5, 0.6) is 5.88 Å². The number of halogens is 3. The maximum Gasteiger partial charge on any atom is 0.416 e. The van der Waals surface area contributed by atoms with Crippen molar-refractivity contribution in [2.45, 2.75) is 25.1 Å². The van der Waals surface area contributed by atoms with Crippen molar-refractivity contribution < 1.29 is 17.9 Å². The molecule has 4 nitrogen and oxygen atoms in total. The third kappa shape index (κ3) is 3.84. The lowest BCUT2D eigenvalue weighted by atomic mass is 10.1. The molecule has 1 fully saturated rings. The minimum atomic E-state index is -4.38. The number of hydrogen-bond donors (Lipinski definition) is 0. The average molecular weight is 337 g/mol. The van der Waals surface area contributed by atoms with Crippen LogP contribution in [0.25, 0.3) is 11.3 Å². The van der Waals surface area contributed by atoms with Crippen molar-refractivity contribution in [2.75, 3.05) is 20.2 Å². The van der Waals surface area contributed by atoms with Crippen LogP contribution in [0.1, 0.15) is 18.4 Å². The predicted octanol–water partition coefficient (Wildman–Crippen LogP) is 3.64. The Balaban J connectivity index is 1.75. The summed E-state index contributed by atoms with van der Waals surface area (Å²) in [4.78, 5) is 10.3. The molecule has 7 heteroatoms. The molecule has 1 aliphatic heterocycles. The number of hydrogen-bond acceptors (Lipinski definition) is 4. The second-order valence-electron chi connectivity index (χ2n) is 5.91. The molecule has 0 N–H and O–H groups in total. The zero-order valence-corrected chi connectivity index (χ0v) is 13.3. The van der Waals surface area contributed by atoms with Gasteiger partial charge in [0, 0.05) is 17.7 Å². The zero-order chi connectivity index (χ0) is 17.2. The fraction of sp³-hybridized carbons (Fsp3) is 0.412. The maximum absolute atomic E-state index is 12.8. The van der Waals surface area contributed by atoms with Gasteiger partial charge in [-0.15, -0.1) is 0 Å². The smallest absolute Gasteiger partial charge is 0.416 e. The Hall–Kier alpha value is -2.15. The number of benzene rings is 1. The standard InChI is InChI=1S/C17H18F3N3O/c1-23-7-3-6-14(23)10-24-16-9-15(21-11-22-16)12-4-2-5-13(8-12)17(18,19)20/h2,4-5,8-9,11,14H,3,6-7,10H2,1H3/t14-/m0/s1. The highest BCUT2D eigenvalue weighted by molar-refractivity contribution is 5.60. The summed E-state index contributed by atoms with van der Waals surface area (Å²) >= 11 is 0. The van der Waals surface area contributed by atoms with Crippen molar-refractivity contribution in [2.24, 2.45) is 0 Å². The van der Waals surface area contributed by atoms with E-state index in [0.717, 1.165) is 31.5 Å². The van der Waals surface area contributed by atoms with Gasteiger partial charge in [-0.1, -0.05) is 12.1 Å². The Morgan fingerprint density at radius 2 is 2.08 bits per heavy atom. The molecule has 1 aromatic heterocycles. The van der Waals surface area contributed by atoms with Crippen LogP contribution in [-0.4, -0.2) is 41.1 Å². The van der Waals surface area contributed by atoms with Crippen LogP contribution in [0.4, 0.5) is 13.2 Å². The predicted molar refractivity (Wildman–Crippen MR) is 83.6 cm³/mol. The van der Waals surface area contributed by atoms with Gasteiger partial charge in [-0.2, -0.15) is 13.2 Å². The molecule has 0 amide bonds. The van der Waals surface area contributed by atoms with Crippen LogP contribution < -0.4 is 4.74 Å². The molecule has 0 radical (unpaired) electrons. The molecule has 1 atom stereocenters. The quantitative estimate of drug-likeness (QED) is 0.854. The van der Waals surface area contributed by atoms with E-state index < -0.39 is 11.7 Å². The Kier molecular flexibility index (Phi) is 4.71. The molecule has 1 saturated heterocycles. The van der Waals surface area contributed by atoms with E-state index >= 15 is 0 Å². The molecular formula is C17H18F3N3O. The summed E-state index contributed by atoms with van der Waals surface area (Å²) in [5.41, 5.74) is 0.0922. The van der Waals surface area contributed by atoms with E-state index in [2.05, 4.69) is 21.9 Å². The lowest BCUT2D eigenvalue weighted by molar-refractivity contribution is -0.137. The van der Waals surface area contributed by atoms with E-state index in [1.165, 1.54) is 12.4 Å². The van der Waals surface area contributed by atoms with Gasteiger partial charge in [0.05, 0.1) is 11.3 Å². The normalized spacial score (nSPS) is 18.8. The molecule has 0 bridgehead atoms. The fourth-order valence-electron chi connectivity index (χ4n) is 2.80. The molecule has 24 heavy (non-hydrogen) atoms. The number of likely N-dealkylation sites (N-methyl/N-ethyl adjacent to an activating group) is 1. The summed E-state index contributed by atoms with van der Waals surface area (Å²) in [5, 5.41) is 0. The molecule has 2 aromatic rings. The summed E-state index contributed by atoms with van der Waals surface area (Å²) in [5.74, 6) is 0.373. The van der Waals surface area contributed by atoms with E-state index in [0.29, 0.717) is 29.8 Å². The zero-order valence-electron chi connectivity index (χ0n) is 13.3. The topological polar surface area (TPSA) is 38.2 Å². The third-order valence-electron chi connectivity index (χ3n) is 4.22. The minimum absolute atomic E-state index is 0.344.